The first-order chi connectivity index (χ1) is 7.89. The number of aromatic nitrogens is 2. The van der Waals surface area contributed by atoms with Crippen LogP contribution in [0.5, 0.6) is 0 Å². The molecule has 2 aromatic heterocycles. The molecule has 2 N–H and O–H groups in total. The minimum atomic E-state index is -0.248. The topological polar surface area (TPSA) is 64.9 Å². The van der Waals surface area contributed by atoms with Crippen molar-refractivity contribution in [1.82, 2.24) is 10.1 Å². The van der Waals surface area contributed by atoms with Gasteiger partial charge in [-0.25, -0.2) is 0 Å². The fourth-order valence-electron chi connectivity index (χ4n) is 1.43. The standard InChI is InChI=1S/C12H17N3OS/c1-7-5-17-6-8(7)10-14-11(16-15-10)9(13)12(2,3)4/h5-6,9H,13H2,1-4H3. The Morgan fingerprint density at radius 3 is 2.59 bits per heavy atom. The van der Waals surface area contributed by atoms with Gasteiger partial charge in [-0.15, -0.1) is 0 Å². The van der Waals surface area contributed by atoms with Crippen LogP contribution in [0.1, 0.15) is 38.3 Å². The van der Waals surface area contributed by atoms with Crippen LogP contribution in [0, 0.1) is 12.3 Å². The molecule has 0 amide bonds. The van der Waals surface area contributed by atoms with Crippen molar-refractivity contribution in [2.24, 2.45) is 11.1 Å². The summed E-state index contributed by atoms with van der Waals surface area (Å²) in [5.41, 5.74) is 8.17. The highest BCUT2D eigenvalue weighted by atomic mass is 32.1. The Labute approximate surface area is 105 Å². The highest BCUT2D eigenvalue weighted by Gasteiger charge is 2.27. The lowest BCUT2D eigenvalue weighted by molar-refractivity contribution is 0.253. The van der Waals surface area contributed by atoms with Crippen molar-refractivity contribution in [3.05, 3.63) is 22.2 Å². The molecule has 0 aliphatic carbocycles. The smallest absolute Gasteiger partial charge is 0.244 e. The van der Waals surface area contributed by atoms with Crippen molar-refractivity contribution in [3.8, 4) is 11.4 Å². The summed E-state index contributed by atoms with van der Waals surface area (Å²) in [6.07, 6.45) is 0. The highest BCUT2D eigenvalue weighted by Crippen LogP contribution is 2.31. The maximum atomic E-state index is 6.08. The summed E-state index contributed by atoms with van der Waals surface area (Å²) < 4.78 is 5.25. The third kappa shape index (κ3) is 2.40. The van der Waals surface area contributed by atoms with Crippen molar-refractivity contribution < 1.29 is 4.52 Å². The molecule has 2 heterocycles. The maximum Gasteiger partial charge on any atom is 0.244 e. The van der Waals surface area contributed by atoms with Crippen molar-refractivity contribution >= 4 is 11.3 Å². The first-order valence-electron chi connectivity index (χ1n) is 5.52. The molecule has 1 unspecified atom stereocenters. The van der Waals surface area contributed by atoms with Crippen LogP contribution >= 0.6 is 11.3 Å². The second kappa shape index (κ2) is 4.23. The van der Waals surface area contributed by atoms with Crippen molar-refractivity contribution in [1.29, 1.82) is 0 Å². The second-order valence-electron chi connectivity index (χ2n) is 5.27. The SMILES string of the molecule is Cc1cscc1-c1noc(C(N)C(C)(C)C)n1. The Morgan fingerprint density at radius 2 is 2.06 bits per heavy atom. The maximum absolute atomic E-state index is 6.08. The van der Waals surface area contributed by atoms with Gasteiger partial charge in [0.25, 0.3) is 0 Å². The third-order valence-corrected chi connectivity index (χ3v) is 3.60. The van der Waals surface area contributed by atoms with Gasteiger partial charge in [-0.1, -0.05) is 25.9 Å². The molecular formula is C12H17N3OS. The Bertz CT molecular complexity index is 510. The first kappa shape index (κ1) is 12.3. The summed E-state index contributed by atoms with van der Waals surface area (Å²) in [6, 6.07) is -0.248. The zero-order valence-corrected chi connectivity index (χ0v) is 11.3. The van der Waals surface area contributed by atoms with Gasteiger partial charge in [-0.05, 0) is 23.3 Å². The van der Waals surface area contributed by atoms with Gasteiger partial charge in [0.15, 0.2) is 0 Å². The molecule has 0 saturated carbocycles. The van der Waals surface area contributed by atoms with Gasteiger partial charge < -0.3 is 10.3 Å². The van der Waals surface area contributed by atoms with E-state index in [0.717, 1.165) is 11.1 Å². The normalized spacial score (nSPS) is 13.9. The molecule has 0 radical (unpaired) electrons. The van der Waals surface area contributed by atoms with E-state index in [1.165, 1.54) is 0 Å². The quantitative estimate of drug-likeness (QED) is 0.890. The second-order valence-corrected chi connectivity index (χ2v) is 6.01. The minimum Gasteiger partial charge on any atom is -0.337 e. The molecule has 17 heavy (non-hydrogen) atoms. The van der Waals surface area contributed by atoms with Gasteiger partial charge >= 0.3 is 0 Å². The Balaban J connectivity index is 2.31. The van der Waals surface area contributed by atoms with Gasteiger partial charge in [0.2, 0.25) is 11.7 Å². The minimum absolute atomic E-state index is 0.0898. The fraction of sp³-hybridized carbons (Fsp3) is 0.500. The van der Waals surface area contributed by atoms with Crippen LogP contribution in [-0.4, -0.2) is 10.1 Å². The Kier molecular flexibility index (Phi) is 3.05. The van der Waals surface area contributed by atoms with Gasteiger partial charge in [0.05, 0.1) is 6.04 Å². The molecule has 5 heteroatoms. The zero-order chi connectivity index (χ0) is 12.6. The lowest BCUT2D eigenvalue weighted by Crippen LogP contribution is -2.26. The van der Waals surface area contributed by atoms with Crippen molar-refractivity contribution in [3.63, 3.8) is 0 Å². The van der Waals surface area contributed by atoms with E-state index in [4.69, 9.17) is 10.3 Å². The molecule has 2 aromatic rings. The average molecular weight is 251 g/mol. The molecule has 0 bridgehead atoms. The predicted octanol–water partition coefficient (Wildman–Crippen LogP) is 3.15. The largest absolute Gasteiger partial charge is 0.337 e. The van der Waals surface area contributed by atoms with E-state index in [9.17, 15) is 0 Å². The molecular weight excluding hydrogens is 234 g/mol. The molecule has 4 nitrogen and oxygen atoms in total. The molecule has 92 valence electrons. The van der Waals surface area contributed by atoms with E-state index < -0.39 is 0 Å². The summed E-state index contributed by atoms with van der Waals surface area (Å²) >= 11 is 1.63. The highest BCUT2D eigenvalue weighted by molar-refractivity contribution is 7.08. The van der Waals surface area contributed by atoms with Crippen molar-refractivity contribution in [2.45, 2.75) is 33.7 Å². The molecule has 0 spiro atoms. The summed E-state index contributed by atoms with van der Waals surface area (Å²) in [5.74, 6) is 1.12. The summed E-state index contributed by atoms with van der Waals surface area (Å²) in [5, 5.41) is 8.08. The lowest BCUT2D eigenvalue weighted by atomic mass is 9.87. The van der Waals surface area contributed by atoms with Gasteiger partial charge in [0, 0.05) is 10.9 Å². The summed E-state index contributed by atoms with van der Waals surface area (Å²) in [4.78, 5) is 4.38. The molecule has 0 saturated heterocycles. The van der Waals surface area contributed by atoms with Crippen LogP contribution in [-0.2, 0) is 0 Å². The summed E-state index contributed by atoms with van der Waals surface area (Å²) in [7, 11) is 0. The molecule has 0 aliphatic heterocycles. The lowest BCUT2D eigenvalue weighted by Gasteiger charge is -2.23. The Morgan fingerprint density at radius 1 is 1.35 bits per heavy atom. The Hall–Kier alpha value is -1.20. The number of aryl methyl sites for hydroxylation is 1. The number of nitrogens with two attached hydrogens (primary N) is 1. The van der Waals surface area contributed by atoms with Crippen molar-refractivity contribution in [2.75, 3.05) is 0 Å². The van der Waals surface area contributed by atoms with Crippen LogP contribution in [0.15, 0.2) is 15.3 Å². The molecule has 0 fully saturated rings. The first-order valence-corrected chi connectivity index (χ1v) is 6.46. The third-order valence-electron chi connectivity index (χ3n) is 2.74. The number of rotatable bonds is 2. The average Bonchev–Trinajstić information content (AvgIpc) is 2.83. The molecule has 0 aliphatic rings. The molecule has 0 aromatic carbocycles. The summed E-state index contributed by atoms with van der Waals surface area (Å²) in [6.45, 7) is 8.19. The van der Waals surface area contributed by atoms with E-state index in [1.54, 1.807) is 11.3 Å². The van der Waals surface area contributed by atoms with E-state index in [2.05, 4.69) is 36.3 Å². The van der Waals surface area contributed by atoms with Crippen LogP contribution in [0.4, 0.5) is 0 Å². The van der Waals surface area contributed by atoms with E-state index in [0.29, 0.717) is 11.7 Å². The van der Waals surface area contributed by atoms with Crippen LogP contribution in [0.25, 0.3) is 11.4 Å². The van der Waals surface area contributed by atoms with E-state index in [1.807, 2.05) is 12.3 Å². The van der Waals surface area contributed by atoms with Crippen LogP contribution in [0.3, 0.4) is 0 Å². The van der Waals surface area contributed by atoms with Crippen LogP contribution in [0.2, 0.25) is 0 Å². The number of nitrogens with zero attached hydrogens (tertiary/aromatic N) is 2. The number of thiophene rings is 1. The predicted molar refractivity (Wildman–Crippen MR) is 68.7 cm³/mol. The van der Waals surface area contributed by atoms with E-state index in [-0.39, 0.29) is 11.5 Å². The van der Waals surface area contributed by atoms with E-state index >= 15 is 0 Å². The van der Waals surface area contributed by atoms with Gasteiger partial charge in [-0.2, -0.15) is 16.3 Å². The van der Waals surface area contributed by atoms with Gasteiger partial charge in [0.1, 0.15) is 0 Å². The number of hydrogen-bond acceptors (Lipinski definition) is 5. The monoisotopic (exact) mass is 251 g/mol. The fourth-order valence-corrected chi connectivity index (χ4v) is 2.26. The van der Waals surface area contributed by atoms with Gasteiger partial charge in [-0.3, -0.25) is 0 Å². The molecule has 1 atom stereocenters. The zero-order valence-electron chi connectivity index (χ0n) is 10.5. The molecule has 2 rings (SSSR count). The number of hydrogen-bond donors (Lipinski definition) is 1. The van der Waals surface area contributed by atoms with Crippen LogP contribution < -0.4 is 5.73 Å².